The third kappa shape index (κ3) is 2.72. The second kappa shape index (κ2) is 6.25. The highest BCUT2D eigenvalue weighted by molar-refractivity contribution is 8.00. The van der Waals surface area contributed by atoms with E-state index in [1.54, 1.807) is 30.6 Å². The van der Waals surface area contributed by atoms with Crippen LogP contribution in [0.15, 0.2) is 41.9 Å². The van der Waals surface area contributed by atoms with Gasteiger partial charge in [0.15, 0.2) is 0 Å². The lowest BCUT2D eigenvalue weighted by Gasteiger charge is -2.48. The molecular formula is C15H13N3O4S. The highest BCUT2D eigenvalue weighted by Gasteiger charge is 2.53. The van der Waals surface area contributed by atoms with Gasteiger partial charge in [-0.15, -0.1) is 11.8 Å². The number of hydrogen-bond donors (Lipinski definition) is 2. The normalized spacial score (nSPS) is 23.5. The van der Waals surface area contributed by atoms with Crippen LogP contribution >= 0.6 is 11.8 Å². The highest BCUT2D eigenvalue weighted by atomic mass is 32.2. The van der Waals surface area contributed by atoms with E-state index in [4.69, 9.17) is 0 Å². The molecule has 2 aliphatic heterocycles. The molecule has 7 nitrogen and oxygen atoms in total. The first-order chi connectivity index (χ1) is 11.1. The fourth-order valence-corrected chi connectivity index (χ4v) is 3.87. The molecule has 2 N–H and O–H groups in total. The predicted molar refractivity (Wildman–Crippen MR) is 84.0 cm³/mol. The Balaban J connectivity index is 1.89. The van der Waals surface area contributed by atoms with Crippen LogP contribution in [0.1, 0.15) is 5.56 Å². The molecule has 3 heterocycles. The number of nitrogens with zero attached hydrogens (tertiary/aromatic N) is 2. The van der Waals surface area contributed by atoms with Gasteiger partial charge in [0.1, 0.15) is 17.1 Å². The number of allylic oxidation sites excluding steroid dienone is 1. The third-order valence-corrected chi connectivity index (χ3v) is 4.91. The van der Waals surface area contributed by atoms with Gasteiger partial charge in [-0.25, -0.2) is 4.79 Å². The Morgan fingerprint density at radius 1 is 1.48 bits per heavy atom. The molecule has 3 rings (SSSR count). The van der Waals surface area contributed by atoms with Crippen molar-refractivity contribution in [2.45, 2.75) is 11.4 Å². The van der Waals surface area contributed by atoms with Gasteiger partial charge in [0.2, 0.25) is 6.41 Å². The summed E-state index contributed by atoms with van der Waals surface area (Å²) in [6.07, 6.45) is 7.23. The van der Waals surface area contributed by atoms with E-state index in [1.165, 1.54) is 16.7 Å². The smallest absolute Gasteiger partial charge is 0.352 e. The van der Waals surface area contributed by atoms with Crippen molar-refractivity contribution in [1.29, 1.82) is 0 Å². The Bertz CT molecular complexity index is 717. The summed E-state index contributed by atoms with van der Waals surface area (Å²) < 4.78 is 0. The van der Waals surface area contributed by atoms with Crippen LogP contribution < -0.4 is 5.32 Å². The SMILES string of the molecule is O=CNC1C(=O)N2C(C(=O)O)=C(C=Cc3cccnc3)CS[C@@H]12. The number of rotatable bonds is 5. The van der Waals surface area contributed by atoms with Crippen LogP contribution in [-0.2, 0) is 14.4 Å². The second-order valence-corrected chi connectivity index (χ2v) is 6.08. The molecule has 1 fully saturated rings. The summed E-state index contributed by atoms with van der Waals surface area (Å²) in [4.78, 5) is 39.4. The van der Waals surface area contributed by atoms with Crippen molar-refractivity contribution in [2.75, 3.05) is 5.75 Å². The fraction of sp³-hybridized carbons (Fsp3) is 0.200. The molecule has 0 spiro atoms. The summed E-state index contributed by atoms with van der Waals surface area (Å²) in [5.41, 5.74) is 1.37. The number of amides is 2. The first-order valence-corrected chi connectivity index (χ1v) is 7.87. The molecular weight excluding hydrogens is 318 g/mol. The summed E-state index contributed by atoms with van der Waals surface area (Å²) in [5.74, 6) is -1.11. The van der Waals surface area contributed by atoms with Crippen LogP contribution in [0, 0.1) is 0 Å². The molecule has 1 unspecified atom stereocenters. The number of nitrogens with one attached hydrogen (secondary N) is 1. The summed E-state index contributed by atoms with van der Waals surface area (Å²) in [6, 6.07) is 2.98. The summed E-state index contributed by atoms with van der Waals surface area (Å²) in [7, 11) is 0. The van der Waals surface area contributed by atoms with Gasteiger partial charge in [-0.05, 0) is 17.2 Å². The maximum absolute atomic E-state index is 12.1. The average Bonchev–Trinajstić information content (AvgIpc) is 2.57. The van der Waals surface area contributed by atoms with Gasteiger partial charge in [0, 0.05) is 18.1 Å². The van der Waals surface area contributed by atoms with Crippen molar-refractivity contribution in [3.8, 4) is 0 Å². The number of hydrogen-bond acceptors (Lipinski definition) is 5. The minimum absolute atomic E-state index is 0.0251. The Kier molecular flexibility index (Phi) is 4.16. The molecule has 0 aliphatic carbocycles. The van der Waals surface area contributed by atoms with E-state index in [-0.39, 0.29) is 11.1 Å². The standard InChI is InChI=1S/C15H13N3O4S/c19-8-17-11-13(20)18-12(15(21)22)10(7-23-14(11)18)4-3-9-2-1-5-16-6-9/h1-6,8,11,14H,7H2,(H,17,19)(H,21,22)/t11?,14-/m0/s1. The van der Waals surface area contributed by atoms with Gasteiger partial charge in [-0.2, -0.15) is 0 Å². The van der Waals surface area contributed by atoms with E-state index < -0.39 is 17.9 Å². The topological polar surface area (TPSA) is 99.6 Å². The Labute approximate surface area is 136 Å². The maximum Gasteiger partial charge on any atom is 0.352 e. The van der Waals surface area contributed by atoms with Crippen molar-refractivity contribution in [3.63, 3.8) is 0 Å². The lowest BCUT2D eigenvalue weighted by Crippen LogP contribution is -2.69. The van der Waals surface area contributed by atoms with Crippen molar-refractivity contribution >= 4 is 36.1 Å². The Hall–Kier alpha value is -2.61. The van der Waals surface area contributed by atoms with Crippen LogP contribution in [-0.4, -0.2) is 50.4 Å². The van der Waals surface area contributed by atoms with Crippen molar-refractivity contribution in [2.24, 2.45) is 0 Å². The molecule has 0 saturated carbocycles. The van der Waals surface area contributed by atoms with E-state index in [2.05, 4.69) is 10.3 Å². The quantitative estimate of drug-likeness (QED) is 0.601. The third-order valence-electron chi connectivity index (χ3n) is 3.61. The van der Waals surface area contributed by atoms with Crippen LogP contribution in [0.4, 0.5) is 0 Å². The number of aromatic nitrogens is 1. The number of pyridine rings is 1. The van der Waals surface area contributed by atoms with E-state index in [1.807, 2.05) is 6.07 Å². The molecule has 1 aromatic heterocycles. The number of carboxylic acids is 1. The molecule has 1 saturated heterocycles. The van der Waals surface area contributed by atoms with E-state index in [9.17, 15) is 19.5 Å². The molecule has 0 bridgehead atoms. The van der Waals surface area contributed by atoms with Crippen molar-refractivity contribution in [1.82, 2.24) is 15.2 Å². The highest BCUT2D eigenvalue weighted by Crippen LogP contribution is 2.40. The molecule has 8 heteroatoms. The largest absolute Gasteiger partial charge is 0.477 e. The van der Waals surface area contributed by atoms with Crippen LogP contribution in [0.3, 0.4) is 0 Å². The maximum atomic E-state index is 12.1. The minimum atomic E-state index is -1.15. The molecule has 0 aromatic carbocycles. The number of aliphatic carboxylic acids is 1. The zero-order valence-electron chi connectivity index (χ0n) is 11.9. The van der Waals surface area contributed by atoms with Gasteiger partial charge in [0.05, 0.1) is 0 Å². The average molecular weight is 331 g/mol. The molecule has 0 radical (unpaired) electrons. The van der Waals surface area contributed by atoms with Crippen molar-refractivity contribution in [3.05, 3.63) is 47.4 Å². The van der Waals surface area contributed by atoms with Crippen LogP contribution in [0.2, 0.25) is 0 Å². The first-order valence-electron chi connectivity index (χ1n) is 6.82. The molecule has 2 atom stereocenters. The minimum Gasteiger partial charge on any atom is -0.477 e. The van der Waals surface area contributed by atoms with Gasteiger partial charge in [0.25, 0.3) is 5.91 Å². The monoisotopic (exact) mass is 331 g/mol. The second-order valence-electron chi connectivity index (χ2n) is 4.97. The zero-order chi connectivity index (χ0) is 16.4. The van der Waals surface area contributed by atoms with E-state index >= 15 is 0 Å². The summed E-state index contributed by atoms with van der Waals surface area (Å²) >= 11 is 1.42. The number of thioether (sulfide) groups is 1. The number of carbonyl (C=O) groups is 3. The van der Waals surface area contributed by atoms with E-state index in [0.717, 1.165) is 5.56 Å². The fourth-order valence-electron chi connectivity index (χ4n) is 2.54. The Morgan fingerprint density at radius 2 is 2.30 bits per heavy atom. The van der Waals surface area contributed by atoms with E-state index in [0.29, 0.717) is 17.7 Å². The summed E-state index contributed by atoms with van der Waals surface area (Å²) in [6.45, 7) is 0. The molecule has 118 valence electrons. The van der Waals surface area contributed by atoms with Crippen LogP contribution in [0.25, 0.3) is 6.08 Å². The number of fused-ring (bicyclic) bond motifs is 1. The predicted octanol–water partition coefficient (Wildman–Crippen LogP) is 0.463. The molecule has 2 amide bonds. The number of carboxylic acid groups (broad SMARTS) is 1. The molecule has 1 aromatic rings. The van der Waals surface area contributed by atoms with Gasteiger partial charge < -0.3 is 10.4 Å². The zero-order valence-corrected chi connectivity index (χ0v) is 12.7. The number of β-lactam (4-membered cyclic amide) rings is 1. The molecule has 23 heavy (non-hydrogen) atoms. The Morgan fingerprint density at radius 3 is 2.96 bits per heavy atom. The van der Waals surface area contributed by atoms with Crippen molar-refractivity contribution < 1.29 is 19.5 Å². The van der Waals surface area contributed by atoms with Gasteiger partial charge >= 0.3 is 5.97 Å². The van der Waals surface area contributed by atoms with Gasteiger partial charge in [-0.1, -0.05) is 18.2 Å². The van der Waals surface area contributed by atoms with Gasteiger partial charge in [-0.3, -0.25) is 19.5 Å². The summed E-state index contributed by atoms with van der Waals surface area (Å²) in [5, 5.41) is 11.5. The lowest BCUT2D eigenvalue weighted by molar-refractivity contribution is -0.149. The van der Waals surface area contributed by atoms with Crippen LogP contribution in [0.5, 0.6) is 0 Å². The number of carbonyl (C=O) groups excluding carboxylic acids is 2. The first kappa shape index (κ1) is 15.3. The molecule has 2 aliphatic rings. The lowest BCUT2D eigenvalue weighted by atomic mass is 10.0.